The molecule has 0 saturated heterocycles. The Labute approximate surface area is 270 Å². The SMILES string of the molecule is COc1ccc(COC[C@@H]2Cc3nc(cs3)[C@@H](C)C[C@@H](NC(=O)OC(C)(C)C)CC(=O)O[C@@H](C)C/C(C)=C/C=C\C(=O)O2)cc1. The second-order valence-corrected chi connectivity index (χ2v) is 13.3. The highest BCUT2D eigenvalue weighted by Gasteiger charge is 2.26. The van der Waals surface area contributed by atoms with Crippen molar-refractivity contribution >= 4 is 29.4 Å². The van der Waals surface area contributed by atoms with Crippen molar-refractivity contribution in [3.8, 4) is 5.75 Å². The highest BCUT2D eigenvalue weighted by molar-refractivity contribution is 7.09. The van der Waals surface area contributed by atoms with Crippen molar-refractivity contribution in [2.24, 2.45) is 0 Å². The molecule has 246 valence electrons. The van der Waals surface area contributed by atoms with Crippen LogP contribution in [-0.4, -0.2) is 60.6 Å². The van der Waals surface area contributed by atoms with E-state index in [1.165, 1.54) is 17.4 Å². The number of esters is 2. The van der Waals surface area contributed by atoms with Crippen molar-refractivity contribution in [1.29, 1.82) is 0 Å². The summed E-state index contributed by atoms with van der Waals surface area (Å²) in [5.74, 6) is -0.243. The summed E-state index contributed by atoms with van der Waals surface area (Å²) in [7, 11) is 1.62. The average Bonchev–Trinajstić information content (AvgIpc) is 3.40. The lowest BCUT2D eigenvalue weighted by molar-refractivity contribution is -0.149. The van der Waals surface area contributed by atoms with Gasteiger partial charge in [-0.05, 0) is 58.7 Å². The first-order valence-corrected chi connectivity index (χ1v) is 16.1. The predicted octanol–water partition coefficient (Wildman–Crippen LogP) is 6.44. The number of cyclic esters (lactones) is 2. The zero-order valence-electron chi connectivity index (χ0n) is 27.3. The third-order valence-electron chi connectivity index (χ3n) is 6.82. The minimum Gasteiger partial charge on any atom is -0.497 e. The molecular formula is C34H46N2O8S. The van der Waals surface area contributed by atoms with Gasteiger partial charge in [0.25, 0.3) is 0 Å². The molecule has 4 atom stereocenters. The number of fused-ring (bicyclic) bond motifs is 2. The van der Waals surface area contributed by atoms with Gasteiger partial charge in [-0.1, -0.05) is 36.8 Å². The van der Waals surface area contributed by atoms with E-state index in [0.717, 1.165) is 27.6 Å². The number of methoxy groups -OCH3 is 1. The van der Waals surface area contributed by atoms with Gasteiger partial charge in [-0.25, -0.2) is 14.6 Å². The van der Waals surface area contributed by atoms with Crippen LogP contribution in [0, 0.1) is 0 Å². The minimum atomic E-state index is -0.681. The molecule has 0 unspecified atom stereocenters. The number of hydrogen-bond donors (Lipinski definition) is 1. The van der Waals surface area contributed by atoms with Gasteiger partial charge in [-0.3, -0.25) is 4.79 Å². The number of allylic oxidation sites excluding steroid dienone is 2. The third kappa shape index (κ3) is 13.4. The quantitative estimate of drug-likeness (QED) is 0.280. The van der Waals surface area contributed by atoms with Crippen molar-refractivity contribution < 1.29 is 38.1 Å². The average molecular weight is 643 g/mol. The van der Waals surface area contributed by atoms with E-state index in [-0.39, 0.29) is 18.9 Å². The molecule has 3 rings (SSSR count). The first-order valence-electron chi connectivity index (χ1n) is 15.2. The number of amides is 1. The standard InChI is InChI=1S/C34H46N2O8S/c1-22-9-8-10-31(37)43-28(20-41-19-25-11-13-27(40-7)14-12-25)18-30-36-29(21-45-30)23(2)16-26(17-32(38)42-24(3)15-22)35-33(39)44-34(4,5)6/h8-14,21,23-24,26,28H,15-20H2,1-7H3,(H,35,39)/b10-8-,22-9+/t23-,24-,26+,28-/m0/s1. The zero-order valence-corrected chi connectivity index (χ0v) is 28.1. The fraction of sp³-hybridized carbons (Fsp3) is 0.529. The maximum absolute atomic E-state index is 12.9. The van der Waals surface area contributed by atoms with Crippen LogP contribution in [0.4, 0.5) is 4.79 Å². The Morgan fingerprint density at radius 1 is 1.09 bits per heavy atom. The van der Waals surface area contributed by atoms with Gasteiger partial charge in [0.2, 0.25) is 0 Å². The van der Waals surface area contributed by atoms with Crippen LogP contribution < -0.4 is 10.1 Å². The fourth-order valence-electron chi connectivity index (χ4n) is 4.75. The molecule has 0 aliphatic carbocycles. The molecule has 1 aliphatic heterocycles. The van der Waals surface area contributed by atoms with Crippen LogP contribution in [-0.2, 0) is 41.6 Å². The Hall–Kier alpha value is -3.70. The number of rotatable bonds is 6. The Morgan fingerprint density at radius 2 is 1.82 bits per heavy atom. The van der Waals surface area contributed by atoms with E-state index in [9.17, 15) is 14.4 Å². The molecule has 10 nitrogen and oxygen atoms in total. The van der Waals surface area contributed by atoms with Gasteiger partial charge >= 0.3 is 18.0 Å². The molecule has 1 amide bonds. The zero-order chi connectivity index (χ0) is 33.0. The van der Waals surface area contributed by atoms with E-state index in [1.54, 1.807) is 40.0 Å². The highest BCUT2D eigenvalue weighted by Crippen LogP contribution is 2.26. The van der Waals surface area contributed by atoms with E-state index < -0.39 is 41.9 Å². The minimum absolute atomic E-state index is 0.0104. The number of carbonyl (C=O) groups excluding carboxylic acids is 3. The number of aromatic nitrogens is 1. The molecule has 0 fully saturated rings. The maximum atomic E-state index is 12.9. The Bertz CT molecular complexity index is 1330. The molecule has 1 aromatic carbocycles. The van der Waals surface area contributed by atoms with Crippen molar-refractivity contribution in [1.82, 2.24) is 10.3 Å². The van der Waals surface area contributed by atoms with Crippen LogP contribution in [0.5, 0.6) is 5.75 Å². The van der Waals surface area contributed by atoms with Crippen molar-refractivity contribution in [3.63, 3.8) is 0 Å². The van der Waals surface area contributed by atoms with E-state index in [2.05, 4.69) is 5.32 Å². The lowest BCUT2D eigenvalue weighted by Gasteiger charge is -2.25. The largest absolute Gasteiger partial charge is 0.497 e. The lowest BCUT2D eigenvalue weighted by Crippen LogP contribution is -2.41. The fourth-order valence-corrected chi connectivity index (χ4v) is 5.73. The topological polar surface area (TPSA) is 122 Å². The lowest BCUT2D eigenvalue weighted by atomic mass is 9.97. The molecular weight excluding hydrogens is 596 g/mol. The van der Waals surface area contributed by atoms with Gasteiger partial charge in [-0.2, -0.15) is 0 Å². The number of carbonyl (C=O) groups is 3. The normalized spacial score (nSPS) is 24.0. The van der Waals surface area contributed by atoms with Crippen LogP contribution in [0.15, 0.2) is 53.4 Å². The number of hydrogen-bond acceptors (Lipinski definition) is 10. The van der Waals surface area contributed by atoms with E-state index in [4.69, 9.17) is 28.7 Å². The smallest absolute Gasteiger partial charge is 0.407 e. The van der Waals surface area contributed by atoms with Crippen LogP contribution in [0.25, 0.3) is 0 Å². The van der Waals surface area contributed by atoms with Gasteiger partial charge in [-0.15, -0.1) is 11.3 Å². The molecule has 1 N–H and O–H groups in total. The first-order chi connectivity index (χ1) is 21.3. The van der Waals surface area contributed by atoms with E-state index >= 15 is 0 Å². The summed E-state index contributed by atoms with van der Waals surface area (Å²) in [6, 6.07) is 7.06. The summed E-state index contributed by atoms with van der Waals surface area (Å²) in [5.41, 5.74) is 2.02. The van der Waals surface area contributed by atoms with Crippen LogP contribution in [0.2, 0.25) is 0 Å². The molecule has 2 bridgehead atoms. The molecule has 0 radical (unpaired) electrons. The molecule has 2 heterocycles. The second-order valence-electron chi connectivity index (χ2n) is 12.4. The van der Waals surface area contributed by atoms with Crippen LogP contribution >= 0.6 is 11.3 Å². The molecule has 45 heavy (non-hydrogen) atoms. The summed E-state index contributed by atoms with van der Waals surface area (Å²) in [4.78, 5) is 43.1. The summed E-state index contributed by atoms with van der Waals surface area (Å²) in [6.07, 6.45) is 4.51. The Morgan fingerprint density at radius 3 is 2.51 bits per heavy atom. The monoisotopic (exact) mass is 642 g/mol. The second kappa shape index (κ2) is 17.1. The van der Waals surface area contributed by atoms with E-state index in [0.29, 0.717) is 25.9 Å². The van der Waals surface area contributed by atoms with Crippen LogP contribution in [0.3, 0.4) is 0 Å². The first kappa shape index (κ1) is 35.8. The number of nitrogens with one attached hydrogen (secondary N) is 1. The van der Waals surface area contributed by atoms with Gasteiger partial charge in [0.1, 0.15) is 23.6 Å². The Balaban J connectivity index is 1.79. The number of nitrogens with zero attached hydrogens (tertiary/aromatic N) is 1. The number of ether oxygens (including phenoxy) is 5. The summed E-state index contributed by atoms with van der Waals surface area (Å²) < 4.78 is 28.1. The molecule has 0 saturated carbocycles. The number of benzene rings is 1. The summed E-state index contributed by atoms with van der Waals surface area (Å²) in [6.45, 7) is 11.6. The van der Waals surface area contributed by atoms with Gasteiger partial charge in [0, 0.05) is 36.3 Å². The summed E-state index contributed by atoms with van der Waals surface area (Å²) in [5, 5.41) is 5.59. The molecule has 11 heteroatoms. The van der Waals surface area contributed by atoms with Crippen molar-refractivity contribution in [3.05, 3.63) is 69.7 Å². The molecule has 1 aliphatic rings. The molecule has 0 spiro atoms. The molecule has 1 aromatic heterocycles. The van der Waals surface area contributed by atoms with Crippen molar-refractivity contribution in [2.75, 3.05) is 13.7 Å². The third-order valence-corrected chi connectivity index (χ3v) is 7.71. The van der Waals surface area contributed by atoms with Crippen molar-refractivity contribution in [2.45, 2.75) is 104 Å². The van der Waals surface area contributed by atoms with Gasteiger partial charge in [0.05, 0.1) is 37.4 Å². The highest BCUT2D eigenvalue weighted by atomic mass is 32.1. The number of alkyl carbamates (subject to hydrolysis) is 1. The summed E-state index contributed by atoms with van der Waals surface area (Å²) >= 11 is 1.46. The van der Waals surface area contributed by atoms with E-state index in [1.807, 2.05) is 50.4 Å². The molecule has 2 aromatic rings. The van der Waals surface area contributed by atoms with Gasteiger partial charge < -0.3 is 29.0 Å². The number of thiazole rings is 1. The van der Waals surface area contributed by atoms with Gasteiger partial charge in [0.15, 0.2) is 0 Å². The van der Waals surface area contributed by atoms with Crippen LogP contribution in [0.1, 0.15) is 83.0 Å². The maximum Gasteiger partial charge on any atom is 0.407 e. The predicted molar refractivity (Wildman–Crippen MR) is 172 cm³/mol. The Kier molecular flexibility index (Phi) is 13.6.